The molecule has 1 aliphatic carbocycles. The van der Waals surface area contributed by atoms with E-state index in [4.69, 9.17) is 19.9 Å². The monoisotopic (exact) mass is 1070 g/mol. The second-order valence-electron chi connectivity index (χ2n) is 23.2. The minimum atomic E-state index is 0.641. The Morgan fingerprint density at radius 1 is 0.349 bits per heavy atom. The van der Waals surface area contributed by atoms with Gasteiger partial charge in [-0.3, -0.25) is 4.57 Å². The van der Waals surface area contributed by atoms with Crippen LogP contribution in [0.3, 0.4) is 0 Å². The number of hydrogen-bond donors (Lipinski definition) is 0. The second-order valence-corrected chi connectivity index (χ2v) is 23.2. The Bertz CT molecular complexity index is 4770. The average Bonchev–Trinajstić information content (AvgIpc) is 4.28. The highest BCUT2D eigenvalue weighted by Gasteiger charge is 2.24. The molecule has 3 heterocycles. The minimum absolute atomic E-state index is 0.641. The summed E-state index contributed by atoms with van der Waals surface area (Å²) in [6.45, 7) is 17.7. The SMILES string of the molecule is CCc1cc(-c2cc(C)cc(-c3cc(C)cc(-c4cc(C)cc(-c5ccccc5)c4)c3)c2)cc(-c2cc(C)cc(-c3cccc(-n4c5ccccc5c5cc(-c6ncnc(-c7cc(C)c8c(c7)-c7cc(C)cc(C)c7C8)n6)ccc54)n3)c2)c1. The first-order valence-corrected chi connectivity index (χ1v) is 29.0. The summed E-state index contributed by atoms with van der Waals surface area (Å²) in [4.78, 5) is 20.1. The number of aryl methyl sites for hydroxylation is 8. The van der Waals surface area contributed by atoms with E-state index in [1.54, 1.807) is 6.33 Å². The zero-order chi connectivity index (χ0) is 56.6. The van der Waals surface area contributed by atoms with E-state index in [1.165, 1.54) is 122 Å². The average molecular weight is 1070 g/mol. The molecule has 0 atom stereocenters. The minimum Gasteiger partial charge on any atom is -0.294 e. The van der Waals surface area contributed by atoms with Crippen LogP contribution in [-0.2, 0) is 12.8 Å². The molecule has 0 unspecified atom stereocenters. The first-order valence-electron chi connectivity index (χ1n) is 29.0. The topological polar surface area (TPSA) is 56.5 Å². The second kappa shape index (κ2) is 20.6. The standard InChI is InChI=1S/C78H63N5/c1-9-53-35-63(61-30-49(5)29-60(39-61)59-28-48(4)27-58(38-59)57-26-47(3)25-56(37-57)54-16-11-10-12-17-54)40-64(36-53)62-31-50(6)32-65(41-62)73-19-15-21-76(81-73)83-74-20-14-13-18-67(74)72-42-55(22-23-75(72)83)77-79-45-80-78(82-77)66-34-52(8)69-44-68-51(7)24-46(2)33-70(68)71(69)43-66/h10-43,45H,9,44H2,1-8H3. The van der Waals surface area contributed by atoms with Crippen molar-refractivity contribution < 1.29 is 0 Å². The lowest BCUT2D eigenvalue weighted by Crippen LogP contribution is -1.99. The molecule has 13 aromatic rings. The molecular weight excluding hydrogens is 1010 g/mol. The number of rotatable bonds is 10. The molecule has 83 heavy (non-hydrogen) atoms. The van der Waals surface area contributed by atoms with Crippen LogP contribution >= 0.6 is 0 Å². The molecule has 0 saturated heterocycles. The van der Waals surface area contributed by atoms with Gasteiger partial charge in [0, 0.05) is 27.5 Å². The Morgan fingerprint density at radius 2 is 0.843 bits per heavy atom. The van der Waals surface area contributed by atoms with Crippen LogP contribution in [0.25, 0.3) is 128 Å². The van der Waals surface area contributed by atoms with Crippen molar-refractivity contribution in [3.05, 3.63) is 268 Å². The fourth-order valence-electron chi connectivity index (χ4n) is 13.0. The van der Waals surface area contributed by atoms with Crippen LogP contribution in [-0.4, -0.2) is 24.5 Å². The maximum absolute atomic E-state index is 5.47. The Morgan fingerprint density at radius 3 is 1.46 bits per heavy atom. The van der Waals surface area contributed by atoms with Gasteiger partial charge in [0.25, 0.3) is 0 Å². The van der Waals surface area contributed by atoms with Crippen LogP contribution < -0.4 is 0 Å². The van der Waals surface area contributed by atoms with Crippen molar-refractivity contribution in [2.45, 2.75) is 68.2 Å². The predicted octanol–water partition coefficient (Wildman–Crippen LogP) is 20.0. The van der Waals surface area contributed by atoms with Crippen molar-refractivity contribution in [2.24, 2.45) is 0 Å². The molecule has 0 fully saturated rings. The van der Waals surface area contributed by atoms with Gasteiger partial charge in [-0.2, -0.15) is 0 Å². The van der Waals surface area contributed by atoms with Gasteiger partial charge in [-0.25, -0.2) is 19.9 Å². The Balaban J connectivity index is 0.787. The van der Waals surface area contributed by atoms with Gasteiger partial charge in [0.2, 0.25) is 0 Å². The van der Waals surface area contributed by atoms with E-state index >= 15 is 0 Å². The number of aromatic nitrogens is 5. The van der Waals surface area contributed by atoms with Gasteiger partial charge in [-0.1, -0.05) is 134 Å². The van der Waals surface area contributed by atoms with Crippen LogP contribution in [0.2, 0.25) is 0 Å². The fraction of sp³-hybridized carbons (Fsp3) is 0.128. The largest absolute Gasteiger partial charge is 0.294 e. The first-order chi connectivity index (χ1) is 40.4. The lowest BCUT2D eigenvalue weighted by atomic mass is 9.90. The molecule has 0 amide bonds. The number of benzene rings is 10. The lowest BCUT2D eigenvalue weighted by molar-refractivity contribution is 1.06. The molecule has 0 spiro atoms. The van der Waals surface area contributed by atoms with Gasteiger partial charge in [-0.15, -0.1) is 0 Å². The third-order valence-corrected chi connectivity index (χ3v) is 16.9. The molecule has 10 aromatic carbocycles. The molecule has 0 saturated carbocycles. The van der Waals surface area contributed by atoms with E-state index in [9.17, 15) is 0 Å². The quantitative estimate of drug-likeness (QED) is 0.137. The van der Waals surface area contributed by atoms with Gasteiger partial charge < -0.3 is 0 Å². The third kappa shape index (κ3) is 9.62. The molecule has 1 aliphatic rings. The summed E-state index contributed by atoms with van der Waals surface area (Å²) in [5.74, 6) is 2.17. The number of para-hydroxylation sites is 1. The highest BCUT2D eigenvalue weighted by atomic mass is 15.1. The fourth-order valence-corrected chi connectivity index (χ4v) is 13.0. The van der Waals surface area contributed by atoms with E-state index in [-0.39, 0.29) is 0 Å². The van der Waals surface area contributed by atoms with Gasteiger partial charge in [0.05, 0.1) is 16.7 Å². The molecule has 14 rings (SSSR count). The van der Waals surface area contributed by atoms with Crippen molar-refractivity contribution in [3.8, 4) is 107 Å². The van der Waals surface area contributed by atoms with Crippen molar-refractivity contribution in [1.82, 2.24) is 24.5 Å². The maximum Gasteiger partial charge on any atom is 0.163 e. The van der Waals surface area contributed by atoms with Crippen molar-refractivity contribution in [3.63, 3.8) is 0 Å². The van der Waals surface area contributed by atoms with Gasteiger partial charge in [0.1, 0.15) is 12.1 Å². The molecule has 400 valence electrons. The summed E-state index contributed by atoms with van der Waals surface area (Å²) in [5.41, 5.74) is 33.7. The van der Waals surface area contributed by atoms with Crippen molar-refractivity contribution in [2.75, 3.05) is 0 Å². The molecule has 5 heteroatoms. The number of fused-ring (bicyclic) bond motifs is 6. The normalized spacial score (nSPS) is 11.9. The summed E-state index contributed by atoms with van der Waals surface area (Å²) in [5, 5.41) is 2.25. The number of pyridine rings is 1. The molecule has 0 aliphatic heterocycles. The van der Waals surface area contributed by atoms with Crippen LogP contribution in [0.15, 0.2) is 213 Å². The van der Waals surface area contributed by atoms with E-state index in [2.05, 4.69) is 266 Å². The molecule has 3 aromatic heterocycles. The molecular formula is C78H63N5. The van der Waals surface area contributed by atoms with Crippen LogP contribution in [0, 0.1) is 48.5 Å². The van der Waals surface area contributed by atoms with Gasteiger partial charge in [0.15, 0.2) is 11.6 Å². The van der Waals surface area contributed by atoms with E-state index < -0.39 is 0 Å². The molecule has 5 nitrogen and oxygen atoms in total. The van der Waals surface area contributed by atoms with Crippen LogP contribution in [0.1, 0.15) is 62.6 Å². The smallest absolute Gasteiger partial charge is 0.163 e. The van der Waals surface area contributed by atoms with Crippen molar-refractivity contribution in [1.29, 1.82) is 0 Å². The Kier molecular flexibility index (Phi) is 12.7. The Labute approximate surface area is 486 Å². The predicted molar refractivity (Wildman–Crippen MR) is 346 cm³/mol. The third-order valence-electron chi connectivity index (χ3n) is 16.9. The van der Waals surface area contributed by atoms with Gasteiger partial charge in [-0.05, 0) is 263 Å². The van der Waals surface area contributed by atoms with Crippen LogP contribution in [0.4, 0.5) is 0 Å². The highest BCUT2D eigenvalue weighted by molar-refractivity contribution is 6.10. The number of nitrogens with zero attached hydrogens (tertiary/aromatic N) is 5. The highest BCUT2D eigenvalue weighted by Crippen LogP contribution is 2.44. The van der Waals surface area contributed by atoms with Gasteiger partial charge >= 0.3 is 0 Å². The van der Waals surface area contributed by atoms with Crippen molar-refractivity contribution >= 4 is 21.8 Å². The lowest BCUT2D eigenvalue weighted by Gasteiger charge is -2.15. The Hall–Kier alpha value is -9.84. The summed E-state index contributed by atoms with van der Waals surface area (Å²) in [6.07, 6.45) is 3.53. The maximum atomic E-state index is 5.47. The molecule has 0 radical (unpaired) electrons. The zero-order valence-corrected chi connectivity index (χ0v) is 48.4. The molecule has 0 bridgehead atoms. The van der Waals surface area contributed by atoms with E-state index in [0.29, 0.717) is 11.6 Å². The van der Waals surface area contributed by atoms with Crippen LogP contribution in [0.5, 0.6) is 0 Å². The summed E-state index contributed by atoms with van der Waals surface area (Å²) in [6, 6.07) is 76.3. The number of hydrogen-bond acceptors (Lipinski definition) is 4. The first kappa shape index (κ1) is 51.3. The van der Waals surface area contributed by atoms with E-state index in [0.717, 1.165) is 62.8 Å². The van der Waals surface area contributed by atoms with E-state index in [1.807, 2.05) is 0 Å². The molecule has 0 N–H and O–H groups in total. The summed E-state index contributed by atoms with van der Waals surface area (Å²) < 4.78 is 2.29. The summed E-state index contributed by atoms with van der Waals surface area (Å²) in [7, 11) is 0. The zero-order valence-electron chi connectivity index (χ0n) is 48.4. The summed E-state index contributed by atoms with van der Waals surface area (Å²) >= 11 is 0.